The molecule has 1 atom stereocenters. The lowest BCUT2D eigenvalue weighted by Gasteiger charge is -2.33. The molecule has 0 aliphatic heterocycles. The minimum atomic E-state index is -0.904. The highest BCUT2D eigenvalue weighted by atomic mass is 19.2. The summed E-state index contributed by atoms with van der Waals surface area (Å²) in [6.07, 6.45) is 3.27. The highest BCUT2D eigenvalue weighted by Crippen LogP contribution is 2.31. The van der Waals surface area contributed by atoms with Crippen molar-refractivity contribution in [1.82, 2.24) is 4.90 Å². The third kappa shape index (κ3) is 2.68. The number of carbonyl (C=O) groups is 1. The quantitative estimate of drug-likeness (QED) is 0.926. The van der Waals surface area contributed by atoms with Gasteiger partial charge in [-0.2, -0.15) is 0 Å². The molecular formula is C15H20F2N2O. The predicted octanol–water partition coefficient (Wildman–Crippen LogP) is 2.76. The van der Waals surface area contributed by atoms with Crippen LogP contribution in [0.1, 0.15) is 44.2 Å². The van der Waals surface area contributed by atoms with Gasteiger partial charge in [-0.05, 0) is 37.5 Å². The van der Waals surface area contributed by atoms with E-state index >= 15 is 0 Å². The van der Waals surface area contributed by atoms with E-state index in [1.54, 1.807) is 14.0 Å². The zero-order valence-electron chi connectivity index (χ0n) is 11.8. The van der Waals surface area contributed by atoms with Gasteiger partial charge in [0.05, 0.1) is 11.6 Å². The van der Waals surface area contributed by atoms with E-state index < -0.39 is 17.2 Å². The van der Waals surface area contributed by atoms with E-state index in [0.29, 0.717) is 18.4 Å². The van der Waals surface area contributed by atoms with E-state index in [-0.39, 0.29) is 11.9 Å². The first-order chi connectivity index (χ1) is 9.35. The van der Waals surface area contributed by atoms with Crippen LogP contribution in [-0.4, -0.2) is 23.4 Å². The van der Waals surface area contributed by atoms with Crippen LogP contribution in [0, 0.1) is 11.6 Å². The molecule has 2 rings (SSSR count). The number of hydrogen-bond donors (Lipinski definition) is 1. The second-order valence-corrected chi connectivity index (χ2v) is 5.63. The summed E-state index contributed by atoms with van der Waals surface area (Å²) in [5.41, 5.74) is 5.90. The Morgan fingerprint density at radius 1 is 1.30 bits per heavy atom. The molecule has 1 aromatic rings. The van der Waals surface area contributed by atoms with Gasteiger partial charge in [0.15, 0.2) is 11.6 Å². The Bertz CT molecular complexity index is 513. The third-order valence-electron chi connectivity index (χ3n) is 4.25. The Labute approximate surface area is 117 Å². The molecule has 1 aromatic carbocycles. The molecule has 0 saturated heterocycles. The zero-order valence-corrected chi connectivity index (χ0v) is 11.8. The number of amides is 1. The third-order valence-corrected chi connectivity index (χ3v) is 4.25. The molecule has 110 valence electrons. The van der Waals surface area contributed by atoms with Gasteiger partial charge in [0, 0.05) is 7.05 Å². The van der Waals surface area contributed by atoms with Crippen molar-refractivity contribution in [3.05, 3.63) is 35.4 Å². The molecule has 1 amide bonds. The lowest BCUT2D eigenvalue weighted by atomic mass is 9.95. The first-order valence-electron chi connectivity index (χ1n) is 6.86. The minimum Gasteiger partial charge on any atom is -0.337 e. The van der Waals surface area contributed by atoms with E-state index in [1.807, 2.05) is 0 Å². The Morgan fingerprint density at radius 2 is 1.90 bits per heavy atom. The standard InChI is InChI=1S/C15H20F2N2O/c1-10(11-5-6-12(16)13(17)9-11)19(2)14(20)15(18)7-3-4-8-15/h5-6,9-10H,3-4,7-8,18H2,1-2H3. The fourth-order valence-corrected chi connectivity index (χ4v) is 2.74. The van der Waals surface area contributed by atoms with Crippen molar-refractivity contribution in [2.75, 3.05) is 7.05 Å². The van der Waals surface area contributed by atoms with Crippen LogP contribution < -0.4 is 5.73 Å². The average Bonchev–Trinajstić information content (AvgIpc) is 2.87. The van der Waals surface area contributed by atoms with Crippen LogP contribution in [0.25, 0.3) is 0 Å². The lowest BCUT2D eigenvalue weighted by molar-refractivity contribution is -0.137. The molecule has 1 unspecified atom stereocenters. The van der Waals surface area contributed by atoms with E-state index in [0.717, 1.165) is 25.0 Å². The predicted molar refractivity (Wildman–Crippen MR) is 72.9 cm³/mol. The van der Waals surface area contributed by atoms with Crippen molar-refractivity contribution < 1.29 is 13.6 Å². The van der Waals surface area contributed by atoms with Crippen LogP contribution in [0.5, 0.6) is 0 Å². The maximum Gasteiger partial charge on any atom is 0.242 e. The van der Waals surface area contributed by atoms with Crippen LogP contribution in [0.15, 0.2) is 18.2 Å². The number of nitrogens with two attached hydrogens (primary N) is 1. The molecule has 0 heterocycles. The summed E-state index contributed by atoms with van der Waals surface area (Å²) < 4.78 is 26.2. The number of rotatable bonds is 3. The van der Waals surface area contributed by atoms with Gasteiger partial charge in [-0.15, -0.1) is 0 Å². The average molecular weight is 282 g/mol. The molecule has 1 fully saturated rings. The minimum absolute atomic E-state index is 0.132. The Kier molecular flexibility index (Phi) is 4.09. The summed E-state index contributed by atoms with van der Waals surface area (Å²) in [7, 11) is 1.65. The molecular weight excluding hydrogens is 262 g/mol. The van der Waals surface area contributed by atoms with Gasteiger partial charge >= 0.3 is 0 Å². The Hall–Kier alpha value is -1.49. The van der Waals surface area contributed by atoms with E-state index in [1.165, 1.54) is 11.0 Å². The Morgan fingerprint density at radius 3 is 2.45 bits per heavy atom. The lowest BCUT2D eigenvalue weighted by Crippen LogP contribution is -2.52. The number of benzene rings is 1. The summed E-state index contributed by atoms with van der Waals surface area (Å²) in [6.45, 7) is 1.78. The Balaban J connectivity index is 2.17. The van der Waals surface area contributed by atoms with Gasteiger partial charge in [0.2, 0.25) is 5.91 Å². The molecule has 20 heavy (non-hydrogen) atoms. The van der Waals surface area contributed by atoms with Crippen molar-refractivity contribution in [2.45, 2.75) is 44.2 Å². The van der Waals surface area contributed by atoms with E-state index in [4.69, 9.17) is 5.73 Å². The number of carbonyl (C=O) groups excluding carboxylic acids is 1. The monoisotopic (exact) mass is 282 g/mol. The van der Waals surface area contributed by atoms with Gasteiger partial charge in [0.1, 0.15) is 0 Å². The topological polar surface area (TPSA) is 46.3 Å². The van der Waals surface area contributed by atoms with Gasteiger partial charge in [-0.3, -0.25) is 4.79 Å². The largest absolute Gasteiger partial charge is 0.337 e. The highest BCUT2D eigenvalue weighted by molar-refractivity contribution is 5.86. The van der Waals surface area contributed by atoms with Crippen molar-refractivity contribution in [3.8, 4) is 0 Å². The molecule has 5 heteroatoms. The molecule has 0 spiro atoms. The van der Waals surface area contributed by atoms with Gasteiger partial charge < -0.3 is 10.6 Å². The summed E-state index contributed by atoms with van der Waals surface area (Å²) in [4.78, 5) is 14.0. The van der Waals surface area contributed by atoms with Crippen LogP contribution in [0.4, 0.5) is 8.78 Å². The second kappa shape index (κ2) is 5.48. The summed E-state index contributed by atoms with van der Waals surface area (Å²) in [6, 6.07) is 3.35. The molecule has 0 radical (unpaired) electrons. The van der Waals surface area contributed by atoms with Crippen LogP contribution in [0.2, 0.25) is 0 Å². The number of halogens is 2. The van der Waals surface area contributed by atoms with Crippen molar-refractivity contribution in [2.24, 2.45) is 5.73 Å². The number of hydrogen-bond acceptors (Lipinski definition) is 2. The van der Waals surface area contributed by atoms with Crippen molar-refractivity contribution in [1.29, 1.82) is 0 Å². The van der Waals surface area contributed by atoms with E-state index in [2.05, 4.69) is 0 Å². The fraction of sp³-hybridized carbons (Fsp3) is 0.533. The summed E-state index contributed by atoms with van der Waals surface area (Å²) in [5, 5.41) is 0. The van der Waals surface area contributed by atoms with E-state index in [9.17, 15) is 13.6 Å². The molecule has 2 N–H and O–H groups in total. The zero-order chi connectivity index (χ0) is 14.9. The van der Waals surface area contributed by atoms with Crippen LogP contribution in [0.3, 0.4) is 0 Å². The van der Waals surface area contributed by atoms with Gasteiger partial charge in [-0.1, -0.05) is 18.9 Å². The molecule has 1 aliphatic rings. The molecule has 1 saturated carbocycles. The smallest absolute Gasteiger partial charge is 0.242 e. The van der Waals surface area contributed by atoms with Crippen molar-refractivity contribution in [3.63, 3.8) is 0 Å². The first-order valence-corrected chi connectivity index (χ1v) is 6.86. The maximum absolute atomic E-state index is 13.3. The highest BCUT2D eigenvalue weighted by Gasteiger charge is 2.40. The summed E-state index contributed by atoms with van der Waals surface area (Å²) in [5.74, 6) is -1.92. The number of likely N-dealkylation sites (N-methyl/N-ethyl adjacent to an activating group) is 1. The molecule has 0 bridgehead atoms. The molecule has 3 nitrogen and oxygen atoms in total. The van der Waals surface area contributed by atoms with Gasteiger partial charge in [-0.25, -0.2) is 8.78 Å². The number of nitrogens with zero attached hydrogens (tertiary/aromatic N) is 1. The molecule has 0 aromatic heterocycles. The van der Waals surface area contributed by atoms with Crippen molar-refractivity contribution >= 4 is 5.91 Å². The SMILES string of the molecule is CC(c1ccc(F)c(F)c1)N(C)C(=O)C1(N)CCCC1. The normalized spacial score (nSPS) is 18.9. The molecule has 1 aliphatic carbocycles. The maximum atomic E-state index is 13.3. The van der Waals surface area contributed by atoms with Gasteiger partial charge in [0.25, 0.3) is 0 Å². The summed E-state index contributed by atoms with van der Waals surface area (Å²) >= 11 is 0. The van der Waals surface area contributed by atoms with Crippen LogP contribution in [-0.2, 0) is 4.79 Å². The second-order valence-electron chi connectivity index (χ2n) is 5.63. The fourth-order valence-electron chi connectivity index (χ4n) is 2.74. The first kappa shape index (κ1) is 14.9. The van der Waals surface area contributed by atoms with Crippen LogP contribution >= 0.6 is 0 Å².